The molecule has 1 aliphatic carbocycles. The molecule has 6 nitrogen and oxygen atoms in total. The molecule has 8 heteroatoms. The minimum absolute atomic E-state index is 0.101. The van der Waals surface area contributed by atoms with Crippen LogP contribution in [0.25, 0.3) is 0 Å². The van der Waals surface area contributed by atoms with Crippen molar-refractivity contribution in [3.63, 3.8) is 0 Å². The van der Waals surface area contributed by atoms with E-state index in [1.165, 1.54) is 0 Å². The molecule has 2 fully saturated rings. The summed E-state index contributed by atoms with van der Waals surface area (Å²) in [5, 5.41) is 0.101. The zero-order valence-electron chi connectivity index (χ0n) is 12.7. The first kappa shape index (κ1) is 16.0. The van der Waals surface area contributed by atoms with Crippen LogP contribution >= 0.6 is 11.6 Å². The van der Waals surface area contributed by atoms with Crippen LogP contribution in [0.1, 0.15) is 32.4 Å². The Morgan fingerprint density at radius 1 is 1.45 bits per heavy atom. The SMILES string of the molecule is CCS(=O)(=O)C1(c2cc(N3CCOC[C@@H]3C)nc(Cl)n2)CC1. The van der Waals surface area contributed by atoms with Gasteiger partial charge < -0.3 is 9.64 Å². The summed E-state index contributed by atoms with van der Waals surface area (Å²) in [5.74, 6) is 0.793. The predicted octanol–water partition coefficient (Wildman–Crippen LogP) is 1.78. The first-order valence-corrected chi connectivity index (χ1v) is 9.54. The van der Waals surface area contributed by atoms with Gasteiger partial charge in [-0.05, 0) is 31.4 Å². The highest BCUT2D eigenvalue weighted by molar-refractivity contribution is 7.92. The Morgan fingerprint density at radius 3 is 2.77 bits per heavy atom. The summed E-state index contributed by atoms with van der Waals surface area (Å²) in [6.07, 6.45) is 1.21. The van der Waals surface area contributed by atoms with E-state index in [0.29, 0.717) is 44.1 Å². The van der Waals surface area contributed by atoms with E-state index < -0.39 is 14.6 Å². The molecule has 1 aromatic heterocycles. The van der Waals surface area contributed by atoms with Gasteiger partial charge in [0.25, 0.3) is 0 Å². The van der Waals surface area contributed by atoms with E-state index in [9.17, 15) is 8.42 Å². The second-order valence-corrected chi connectivity index (χ2v) is 8.82. The van der Waals surface area contributed by atoms with Crippen LogP contribution in [0.2, 0.25) is 5.28 Å². The maximum atomic E-state index is 12.4. The maximum absolute atomic E-state index is 12.4. The molecule has 22 heavy (non-hydrogen) atoms. The zero-order chi connectivity index (χ0) is 16.0. The molecule has 2 aliphatic rings. The van der Waals surface area contributed by atoms with E-state index in [1.54, 1.807) is 13.0 Å². The molecule has 1 aliphatic heterocycles. The molecule has 0 unspecified atom stereocenters. The van der Waals surface area contributed by atoms with Gasteiger partial charge in [-0.25, -0.2) is 18.4 Å². The van der Waals surface area contributed by atoms with Gasteiger partial charge >= 0.3 is 0 Å². The molecule has 0 amide bonds. The molecule has 0 aromatic carbocycles. The number of anilines is 1. The van der Waals surface area contributed by atoms with Gasteiger partial charge in [-0.3, -0.25) is 0 Å². The average molecular weight is 346 g/mol. The molecule has 122 valence electrons. The first-order chi connectivity index (χ1) is 10.4. The van der Waals surface area contributed by atoms with Crippen LogP contribution in [0, 0.1) is 0 Å². The van der Waals surface area contributed by atoms with Crippen molar-refractivity contribution in [3.8, 4) is 0 Å². The van der Waals surface area contributed by atoms with Crippen LogP contribution in [-0.4, -0.2) is 49.9 Å². The maximum Gasteiger partial charge on any atom is 0.224 e. The van der Waals surface area contributed by atoms with Gasteiger partial charge in [0.15, 0.2) is 9.84 Å². The summed E-state index contributed by atoms with van der Waals surface area (Å²) in [5.41, 5.74) is 0.531. The number of nitrogens with zero attached hydrogens (tertiary/aromatic N) is 3. The number of aromatic nitrogens is 2. The van der Waals surface area contributed by atoms with Gasteiger partial charge in [0.1, 0.15) is 10.6 Å². The number of halogens is 1. The van der Waals surface area contributed by atoms with Gasteiger partial charge in [0, 0.05) is 18.4 Å². The molecular weight excluding hydrogens is 326 g/mol. The lowest BCUT2D eigenvalue weighted by Gasteiger charge is -2.34. The van der Waals surface area contributed by atoms with Gasteiger partial charge in [0.05, 0.1) is 24.9 Å². The van der Waals surface area contributed by atoms with Crippen molar-refractivity contribution in [2.75, 3.05) is 30.4 Å². The highest BCUT2D eigenvalue weighted by Crippen LogP contribution is 2.53. The van der Waals surface area contributed by atoms with E-state index in [0.717, 1.165) is 0 Å². The standard InChI is InChI=1S/C14H20ClN3O3S/c1-3-22(19,20)14(4-5-14)11-8-12(17-13(15)16-11)18-6-7-21-9-10(18)2/h8,10H,3-7,9H2,1-2H3/t10-/m0/s1. The lowest BCUT2D eigenvalue weighted by Crippen LogP contribution is -2.44. The van der Waals surface area contributed by atoms with Crippen LogP contribution in [0.4, 0.5) is 5.82 Å². The van der Waals surface area contributed by atoms with Crippen molar-refractivity contribution in [3.05, 3.63) is 17.0 Å². The van der Waals surface area contributed by atoms with Crippen molar-refractivity contribution >= 4 is 27.3 Å². The van der Waals surface area contributed by atoms with Gasteiger partial charge in [0.2, 0.25) is 5.28 Å². The Hall–Kier alpha value is -0.920. The third-order valence-electron chi connectivity index (χ3n) is 4.49. The van der Waals surface area contributed by atoms with E-state index in [-0.39, 0.29) is 17.1 Å². The van der Waals surface area contributed by atoms with Crippen LogP contribution in [0.5, 0.6) is 0 Å². The molecule has 1 aromatic rings. The van der Waals surface area contributed by atoms with E-state index in [4.69, 9.17) is 16.3 Å². The molecule has 0 radical (unpaired) electrons. The van der Waals surface area contributed by atoms with Crippen LogP contribution in [0.15, 0.2) is 6.07 Å². The molecule has 0 N–H and O–H groups in total. The molecule has 0 spiro atoms. The summed E-state index contributed by atoms with van der Waals surface area (Å²) in [7, 11) is -3.21. The monoisotopic (exact) mass is 345 g/mol. The Kier molecular flexibility index (Phi) is 4.07. The molecule has 2 heterocycles. The fraction of sp³-hybridized carbons (Fsp3) is 0.714. The molecule has 0 bridgehead atoms. The van der Waals surface area contributed by atoms with E-state index in [2.05, 4.69) is 14.9 Å². The highest BCUT2D eigenvalue weighted by atomic mass is 35.5. The van der Waals surface area contributed by atoms with E-state index in [1.807, 2.05) is 6.92 Å². The number of ether oxygens (including phenoxy) is 1. The topological polar surface area (TPSA) is 72.4 Å². The predicted molar refractivity (Wildman–Crippen MR) is 85.0 cm³/mol. The van der Waals surface area contributed by atoms with Gasteiger partial charge in [-0.15, -0.1) is 0 Å². The largest absolute Gasteiger partial charge is 0.377 e. The molecule has 1 saturated carbocycles. The summed E-state index contributed by atoms with van der Waals surface area (Å²) < 4.78 is 29.4. The van der Waals surface area contributed by atoms with Crippen LogP contribution in [0.3, 0.4) is 0 Å². The molecule has 1 atom stereocenters. The van der Waals surface area contributed by atoms with Crippen molar-refractivity contribution in [2.45, 2.75) is 37.5 Å². The summed E-state index contributed by atoms with van der Waals surface area (Å²) >= 11 is 6.07. The van der Waals surface area contributed by atoms with Crippen LogP contribution < -0.4 is 4.90 Å². The number of morpholine rings is 1. The average Bonchev–Trinajstić information content (AvgIpc) is 3.29. The molecular formula is C14H20ClN3O3S. The lowest BCUT2D eigenvalue weighted by atomic mass is 10.2. The Morgan fingerprint density at radius 2 is 2.18 bits per heavy atom. The number of hydrogen-bond acceptors (Lipinski definition) is 6. The Balaban J connectivity index is 2.01. The summed E-state index contributed by atoms with van der Waals surface area (Å²) in [6, 6.07) is 1.96. The smallest absolute Gasteiger partial charge is 0.224 e. The fourth-order valence-electron chi connectivity index (χ4n) is 2.97. The quantitative estimate of drug-likeness (QED) is 0.774. The van der Waals surface area contributed by atoms with Crippen molar-refractivity contribution in [2.24, 2.45) is 0 Å². The summed E-state index contributed by atoms with van der Waals surface area (Å²) in [6.45, 7) is 5.67. The lowest BCUT2D eigenvalue weighted by molar-refractivity contribution is 0.0985. The minimum atomic E-state index is -3.21. The number of sulfone groups is 1. The summed E-state index contributed by atoms with van der Waals surface area (Å²) in [4.78, 5) is 10.6. The molecule has 1 saturated heterocycles. The third kappa shape index (κ3) is 2.59. The second-order valence-electron chi connectivity index (χ2n) is 5.90. The van der Waals surface area contributed by atoms with E-state index >= 15 is 0 Å². The van der Waals surface area contributed by atoms with Gasteiger partial charge in [-0.2, -0.15) is 0 Å². The first-order valence-electron chi connectivity index (χ1n) is 7.51. The van der Waals surface area contributed by atoms with Gasteiger partial charge in [-0.1, -0.05) is 6.92 Å². The van der Waals surface area contributed by atoms with Crippen molar-refractivity contribution in [1.29, 1.82) is 0 Å². The van der Waals surface area contributed by atoms with Crippen molar-refractivity contribution < 1.29 is 13.2 Å². The Labute approximate surface area is 135 Å². The fourth-order valence-corrected chi connectivity index (χ4v) is 4.85. The normalized spacial score (nSPS) is 24.3. The van der Waals surface area contributed by atoms with Crippen LogP contribution in [-0.2, 0) is 19.3 Å². The zero-order valence-corrected chi connectivity index (χ0v) is 14.3. The molecule has 3 rings (SSSR count). The Bertz CT molecular complexity index is 676. The number of hydrogen-bond donors (Lipinski definition) is 0. The third-order valence-corrected chi connectivity index (χ3v) is 7.23. The second kappa shape index (κ2) is 5.62. The number of rotatable bonds is 4. The minimum Gasteiger partial charge on any atom is -0.377 e. The highest BCUT2D eigenvalue weighted by Gasteiger charge is 2.56. The van der Waals surface area contributed by atoms with Crippen molar-refractivity contribution in [1.82, 2.24) is 9.97 Å².